The van der Waals surface area contributed by atoms with E-state index >= 15 is 0 Å². The molecule has 1 fully saturated rings. The van der Waals surface area contributed by atoms with E-state index in [1.165, 1.54) is 5.56 Å². The standard InChI is InChI=1S/C17H21N3OS/c1-12-10-22-11-15(12)17(21)19-9-14-5-7-20(2)16(14)13-4-3-6-18-8-13/h3-4,6,8,10-11,14,16H,5,7,9H2,1-2H3,(H,19,21)/t14-,16-/m0/s1. The molecule has 2 aromatic rings. The van der Waals surface area contributed by atoms with Gasteiger partial charge >= 0.3 is 0 Å². The maximum atomic E-state index is 12.3. The lowest BCUT2D eigenvalue weighted by molar-refractivity contribution is 0.0943. The van der Waals surface area contributed by atoms with E-state index in [9.17, 15) is 4.79 Å². The fraction of sp³-hybridized carbons (Fsp3) is 0.412. The minimum atomic E-state index is 0.0400. The highest BCUT2D eigenvalue weighted by molar-refractivity contribution is 7.08. The highest BCUT2D eigenvalue weighted by atomic mass is 32.1. The van der Waals surface area contributed by atoms with Crippen molar-refractivity contribution in [1.29, 1.82) is 0 Å². The SMILES string of the molecule is Cc1cscc1C(=O)NC[C@@H]1CCN(C)[C@H]1c1cccnc1. The molecule has 0 unspecified atom stereocenters. The number of carbonyl (C=O) groups is 1. The van der Waals surface area contributed by atoms with Crippen molar-refractivity contribution < 1.29 is 4.79 Å². The lowest BCUT2D eigenvalue weighted by Gasteiger charge is -2.25. The van der Waals surface area contributed by atoms with Gasteiger partial charge in [-0.3, -0.25) is 14.7 Å². The van der Waals surface area contributed by atoms with E-state index in [1.807, 2.05) is 29.9 Å². The Balaban J connectivity index is 1.67. The van der Waals surface area contributed by atoms with Crippen LogP contribution in [0.3, 0.4) is 0 Å². The van der Waals surface area contributed by atoms with E-state index in [4.69, 9.17) is 0 Å². The number of likely N-dealkylation sites (tertiary alicyclic amines) is 1. The van der Waals surface area contributed by atoms with E-state index in [2.05, 4.69) is 28.3 Å². The van der Waals surface area contributed by atoms with Crippen LogP contribution in [-0.2, 0) is 0 Å². The summed E-state index contributed by atoms with van der Waals surface area (Å²) in [7, 11) is 2.14. The van der Waals surface area contributed by atoms with E-state index in [1.54, 1.807) is 17.5 Å². The molecule has 0 aromatic carbocycles. The topological polar surface area (TPSA) is 45.2 Å². The van der Waals surface area contributed by atoms with Crippen molar-refractivity contribution in [2.24, 2.45) is 5.92 Å². The summed E-state index contributed by atoms with van der Waals surface area (Å²) in [6, 6.07) is 4.43. The third-order valence-electron chi connectivity index (χ3n) is 4.42. The number of hydrogen-bond donors (Lipinski definition) is 1. The Bertz CT molecular complexity index is 640. The van der Waals surface area contributed by atoms with Gasteiger partial charge in [0, 0.05) is 30.4 Å². The van der Waals surface area contributed by atoms with Gasteiger partial charge in [0.1, 0.15) is 0 Å². The average Bonchev–Trinajstić information content (AvgIpc) is 3.11. The van der Waals surface area contributed by atoms with Crippen LogP contribution >= 0.6 is 11.3 Å². The first-order valence-electron chi connectivity index (χ1n) is 7.58. The summed E-state index contributed by atoms with van der Waals surface area (Å²) in [5.74, 6) is 0.468. The van der Waals surface area contributed by atoms with Gasteiger partial charge in [-0.25, -0.2) is 0 Å². The summed E-state index contributed by atoms with van der Waals surface area (Å²) < 4.78 is 0. The summed E-state index contributed by atoms with van der Waals surface area (Å²) in [6.45, 7) is 3.74. The predicted molar refractivity (Wildman–Crippen MR) is 89.1 cm³/mol. The van der Waals surface area contributed by atoms with Crippen molar-refractivity contribution >= 4 is 17.2 Å². The summed E-state index contributed by atoms with van der Waals surface area (Å²) in [5, 5.41) is 7.04. The molecular weight excluding hydrogens is 294 g/mol. The first kappa shape index (κ1) is 15.2. The van der Waals surface area contributed by atoms with Gasteiger partial charge in [0.15, 0.2) is 0 Å². The first-order valence-corrected chi connectivity index (χ1v) is 8.52. The molecular formula is C17H21N3OS. The van der Waals surface area contributed by atoms with Crippen LogP contribution in [0.2, 0.25) is 0 Å². The van der Waals surface area contributed by atoms with Crippen LogP contribution in [0.25, 0.3) is 0 Å². The Hall–Kier alpha value is -1.72. The van der Waals surface area contributed by atoms with Crippen molar-refractivity contribution in [3.8, 4) is 0 Å². The van der Waals surface area contributed by atoms with Gasteiger partial charge < -0.3 is 5.32 Å². The summed E-state index contributed by atoms with van der Waals surface area (Å²) in [4.78, 5) is 18.9. The predicted octanol–water partition coefficient (Wildman–Crippen LogP) is 2.87. The fourth-order valence-corrected chi connectivity index (χ4v) is 4.06. The van der Waals surface area contributed by atoms with Crippen molar-refractivity contribution in [2.75, 3.05) is 20.1 Å². The van der Waals surface area contributed by atoms with Crippen LogP contribution in [0, 0.1) is 12.8 Å². The number of nitrogens with one attached hydrogen (secondary N) is 1. The second-order valence-electron chi connectivity index (χ2n) is 5.94. The van der Waals surface area contributed by atoms with Crippen LogP contribution in [-0.4, -0.2) is 35.9 Å². The third-order valence-corrected chi connectivity index (χ3v) is 5.29. The molecule has 3 heterocycles. The van der Waals surface area contributed by atoms with E-state index in [0.717, 1.165) is 24.1 Å². The molecule has 0 bridgehead atoms. The Labute approximate surface area is 135 Å². The number of amides is 1. The number of rotatable bonds is 4. The Kier molecular flexibility index (Phi) is 4.55. The Morgan fingerprint density at radius 3 is 3.05 bits per heavy atom. The van der Waals surface area contributed by atoms with Crippen molar-refractivity contribution in [3.63, 3.8) is 0 Å². The monoisotopic (exact) mass is 315 g/mol. The molecule has 116 valence electrons. The minimum absolute atomic E-state index is 0.0400. The van der Waals surface area contributed by atoms with E-state index in [0.29, 0.717) is 18.5 Å². The van der Waals surface area contributed by atoms with Gasteiger partial charge in [0.2, 0.25) is 0 Å². The molecule has 0 saturated carbocycles. The number of pyridine rings is 1. The van der Waals surface area contributed by atoms with Crippen LogP contribution in [0.4, 0.5) is 0 Å². The van der Waals surface area contributed by atoms with Gasteiger partial charge in [-0.05, 0) is 55.4 Å². The summed E-state index contributed by atoms with van der Waals surface area (Å²) in [6.07, 6.45) is 4.83. The number of hydrogen-bond acceptors (Lipinski definition) is 4. The average molecular weight is 315 g/mol. The number of aryl methyl sites for hydroxylation is 1. The zero-order valence-corrected chi connectivity index (χ0v) is 13.8. The normalized spacial score (nSPS) is 21.9. The zero-order chi connectivity index (χ0) is 15.5. The number of carbonyl (C=O) groups excluding carboxylic acids is 1. The Morgan fingerprint density at radius 1 is 1.50 bits per heavy atom. The molecule has 2 aromatic heterocycles. The van der Waals surface area contributed by atoms with Gasteiger partial charge in [-0.2, -0.15) is 11.3 Å². The second kappa shape index (κ2) is 6.58. The molecule has 0 spiro atoms. The van der Waals surface area contributed by atoms with Crippen molar-refractivity contribution in [2.45, 2.75) is 19.4 Å². The van der Waals surface area contributed by atoms with Gasteiger partial charge in [0.05, 0.1) is 5.56 Å². The molecule has 5 heteroatoms. The number of nitrogens with zero attached hydrogens (tertiary/aromatic N) is 2. The molecule has 1 aliphatic rings. The van der Waals surface area contributed by atoms with E-state index in [-0.39, 0.29) is 5.91 Å². The van der Waals surface area contributed by atoms with Crippen LogP contribution in [0.5, 0.6) is 0 Å². The Morgan fingerprint density at radius 2 is 2.36 bits per heavy atom. The third kappa shape index (κ3) is 3.05. The van der Waals surface area contributed by atoms with Crippen LogP contribution in [0.15, 0.2) is 35.3 Å². The van der Waals surface area contributed by atoms with Crippen LogP contribution < -0.4 is 5.32 Å². The summed E-state index contributed by atoms with van der Waals surface area (Å²) >= 11 is 1.57. The largest absolute Gasteiger partial charge is 0.352 e. The van der Waals surface area contributed by atoms with Gasteiger partial charge in [-0.15, -0.1) is 0 Å². The van der Waals surface area contributed by atoms with Crippen molar-refractivity contribution in [1.82, 2.24) is 15.2 Å². The molecule has 0 aliphatic carbocycles. The number of thiophene rings is 1. The summed E-state index contributed by atoms with van der Waals surface area (Å²) in [5.41, 5.74) is 3.08. The lowest BCUT2D eigenvalue weighted by atomic mass is 9.94. The number of aromatic nitrogens is 1. The molecule has 0 radical (unpaired) electrons. The smallest absolute Gasteiger partial charge is 0.252 e. The fourth-order valence-electron chi connectivity index (χ4n) is 3.23. The highest BCUT2D eigenvalue weighted by Gasteiger charge is 2.33. The lowest BCUT2D eigenvalue weighted by Crippen LogP contribution is -2.32. The molecule has 1 aliphatic heterocycles. The maximum Gasteiger partial charge on any atom is 0.252 e. The molecule has 4 nitrogen and oxygen atoms in total. The molecule has 2 atom stereocenters. The second-order valence-corrected chi connectivity index (χ2v) is 6.68. The van der Waals surface area contributed by atoms with Crippen LogP contribution in [0.1, 0.15) is 33.9 Å². The quantitative estimate of drug-likeness (QED) is 0.943. The maximum absolute atomic E-state index is 12.3. The molecule has 1 saturated heterocycles. The first-order chi connectivity index (χ1) is 10.7. The van der Waals surface area contributed by atoms with Gasteiger partial charge in [-0.1, -0.05) is 6.07 Å². The zero-order valence-electron chi connectivity index (χ0n) is 13.0. The molecule has 1 amide bonds. The highest BCUT2D eigenvalue weighted by Crippen LogP contribution is 2.35. The molecule has 3 rings (SSSR count). The van der Waals surface area contributed by atoms with Crippen molar-refractivity contribution in [3.05, 3.63) is 52.0 Å². The minimum Gasteiger partial charge on any atom is -0.352 e. The molecule has 22 heavy (non-hydrogen) atoms. The van der Waals surface area contributed by atoms with E-state index < -0.39 is 0 Å². The van der Waals surface area contributed by atoms with Gasteiger partial charge in [0.25, 0.3) is 5.91 Å². The molecule has 1 N–H and O–H groups in total.